The summed E-state index contributed by atoms with van der Waals surface area (Å²) >= 11 is 1.70. The van der Waals surface area contributed by atoms with E-state index in [9.17, 15) is 0 Å². The van der Waals surface area contributed by atoms with E-state index in [1.165, 1.54) is 0 Å². The monoisotopic (exact) mass is 255 g/mol. The van der Waals surface area contributed by atoms with Crippen molar-refractivity contribution in [2.45, 2.75) is 17.4 Å². The van der Waals surface area contributed by atoms with Gasteiger partial charge in [0.25, 0.3) is 0 Å². The number of anilines is 1. The van der Waals surface area contributed by atoms with E-state index >= 15 is 0 Å². The lowest BCUT2D eigenvalue weighted by molar-refractivity contribution is -0.130. The van der Waals surface area contributed by atoms with Crippen LogP contribution in [0.4, 0.5) is 5.69 Å². The number of hydrogen-bond acceptors (Lipinski definition) is 5. The van der Waals surface area contributed by atoms with E-state index < -0.39 is 0 Å². The van der Waals surface area contributed by atoms with Gasteiger partial charge in [-0.3, -0.25) is 0 Å². The first-order valence-electron chi connectivity index (χ1n) is 5.55. The van der Waals surface area contributed by atoms with Crippen LogP contribution in [0.25, 0.3) is 0 Å². The van der Waals surface area contributed by atoms with Gasteiger partial charge in [-0.15, -0.1) is 11.8 Å². The fourth-order valence-electron chi connectivity index (χ4n) is 1.58. The number of rotatable bonds is 4. The zero-order chi connectivity index (χ0) is 12.1. The summed E-state index contributed by atoms with van der Waals surface area (Å²) < 4.78 is 15.8. The molecule has 94 valence electrons. The molecule has 4 nitrogen and oxygen atoms in total. The average Bonchev–Trinajstić information content (AvgIpc) is 2.39. The SMILES string of the molecule is COc1ccc(N)c(SCC2CCOCO2)c1. The first-order chi connectivity index (χ1) is 8.29. The highest BCUT2D eigenvalue weighted by Crippen LogP contribution is 2.30. The molecule has 1 aromatic carbocycles. The number of hydrogen-bond donors (Lipinski definition) is 1. The third-order valence-corrected chi connectivity index (χ3v) is 3.82. The van der Waals surface area contributed by atoms with Gasteiger partial charge in [0.05, 0.1) is 19.8 Å². The molecule has 0 saturated carbocycles. The predicted molar refractivity (Wildman–Crippen MR) is 68.4 cm³/mol. The van der Waals surface area contributed by atoms with Crippen molar-refractivity contribution in [1.82, 2.24) is 0 Å². The normalized spacial score (nSPS) is 20.2. The van der Waals surface area contributed by atoms with Gasteiger partial charge < -0.3 is 19.9 Å². The molecule has 1 aromatic rings. The molecule has 0 radical (unpaired) electrons. The predicted octanol–water partition coefficient (Wildman–Crippen LogP) is 2.13. The smallest absolute Gasteiger partial charge is 0.147 e. The van der Waals surface area contributed by atoms with Crippen molar-refractivity contribution >= 4 is 17.4 Å². The minimum absolute atomic E-state index is 0.249. The van der Waals surface area contributed by atoms with Gasteiger partial charge in [-0.2, -0.15) is 0 Å². The Balaban J connectivity index is 1.92. The lowest BCUT2D eigenvalue weighted by Gasteiger charge is -2.22. The van der Waals surface area contributed by atoms with E-state index in [2.05, 4.69) is 0 Å². The highest BCUT2D eigenvalue weighted by Gasteiger charge is 2.15. The molecule has 1 atom stereocenters. The van der Waals surface area contributed by atoms with Gasteiger partial charge in [0, 0.05) is 16.3 Å². The molecule has 1 aliphatic rings. The van der Waals surface area contributed by atoms with Crippen LogP contribution in [-0.4, -0.2) is 32.4 Å². The van der Waals surface area contributed by atoms with Crippen molar-refractivity contribution in [3.8, 4) is 5.75 Å². The van der Waals surface area contributed by atoms with E-state index in [0.29, 0.717) is 6.79 Å². The zero-order valence-electron chi connectivity index (χ0n) is 9.85. The number of thioether (sulfide) groups is 1. The second-order valence-corrected chi connectivity index (χ2v) is 4.88. The Morgan fingerprint density at radius 2 is 2.41 bits per heavy atom. The van der Waals surface area contributed by atoms with Crippen LogP contribution in [0.15, 0.2) is 23.1 Å². The minimum Gasteiger partial charge on any atom is -0.497 e. The molecule has 2 N–H and O–H groups in total. The molecule has 2 rings (SSSR count). The summed E-state index contributed by atoms with van der Waals surface area (Å²) in [6, 6.07) is 5.69. The standard InChI is InChI=1S/C12H17NO3S/c1-14-9-2-3-11(13)12(6-9)17-7-10-4-5-15-8-16-10/h2-3,6,10H,4-5,7-8,13H2,1H3. The highest BCUT2D eigenvalue weighted by atomic mass is 32.2. The fraction of sp³-hybridized carbons (Fsp3) is 0.500. The molecular formula is C12H17NO3S. The van der Waals surface area contributed by atoms with E-state index in [4.69, 9.17) is 19.9 Å². The van der Waals surface area contributed by atoms with E-state index in [0.717, 1.165) is 35.1 Å². The van der Waals surface area contributed by atoms with Crippen LogP contribution in [0.1, 0.15) is 6.42 Å². The lowest BCUT2D eigenvalue weighted by atomic mass is 10.3. The maximum atomic E-state index is 5.92. The third-order valence-electron chi connectivity index (χ3n) is 2.62. The molecular weight excluding hydrogens is 238 g/mol. The van der Waals surface area contributed by atoms with E-state index in [-0.39, 0.29) is 6.10 Å². The summed E-state index contributed by atoms with van der Waals surface area (Å²) in [5.74, 6) is 1.72. The van der Waals surface area contributed by atoms with Crippen molar-refractivity contribution in [3.63, 3.8) is 0 Å². The van der Waals surface area contributed by atoms with Crippen molar-refractivity contribution in [2.75, 3.05) is 32.0 Å². The van der Waals surface area contributed by atoms with Crippen molar-refractivity contribution in [3.05, 3.63) is 18.2 Å². The van der Waals surface area contributed by atoms with Crippen LogP contribution in [0.5, 0.6) is 5.75 Å². The summed E-state index contributed by atoms with van der Waals surface area (Å²) in [4.78, 5) is 1.04. The molecule has 1 heterocycles. The van der Waals surface area contributed by atoms with Crippen LogP contribution >= 0.6 is 11.8 Å². The van der Waals surface area contributed by atoms with Gasteiger partial charge in [0.15, 0.2) is 0 Å². The van der Waals surface area contributed by atoms with Gasteiger partial charge in [0.2, 0.25) is 0 Å². The molecule has 0 amide bonds. The topological polar surface area (TPSA) is 53.7 Å². The van der Waals surface area contributed by atoms with E-state index in [1.807, 2.05) is 18.2 Å². The second-order valence-electron chi connectivity index (χ2n) is 3.82. The molecule has 0 bridgehead atoms. The Morgan fingerprint density at radius 3 is 3.12 bits per heavy atom. The first kappa shape index (κ1) is 12.5. The van der Waals surface area contributed by atoms with E-state index in [1.54, 1.807) is 18.9 Å². The van der Waals surface area contributed by atoms with Crippen molar-refractivity contribution in [2.24, 2.45) is 0 Å². The summed E-state index contributed by atoms with van der Waals surface area (Å²) in [5, 5.41) is 0. The molecule has 1 saturated heterocycles. The van der Waals surface area contributed by atoms with Crippen molar-refractivity contribution in [1.29, 1.82) is 0 Å². The molecule has 0 aliphatic carbocycles. The number of ether oxygens (including phenoxy) is 3. The summed E-state index contributed by atoms with van der Waals surface area (Å²) in [7, 11) is 1.65. The van der Waals surface area contributed by atoms with Crippen molar-refractivity contribution < 1.29 is 14.2 Å². The largest absolute Gasteiger partial charge is 0.497 e. The Kier molecular flexibility index (Phi) is 4.53. The zero-order valence-corrected chi connectivity index (χ0v) is 10.7. The summed E-state index contributed by atoms with van der Waals surface area (Å²) in [6.45, 7) is 1.18. The molecule has 1 aliphatic heterocycles. The van der Waals surface area contributed by atoms with Gasteiger partial charge in [-0.05, 0) is 24.6 Å². The van der Waals surface area contributed by atoms with Gasteiger partial charge in [-0.25, -0.2) is 0 Å². The maximum absolute atomic E-state index is 5.92. The molecule has 1 fully saturated rings. The van der Waals surface area contributed by atoms with Crippen LogP contribution in [-0.2, 0) is 9.47 Å². The Labute approximate surface area is 105 Å². The number of benzene rings is 1. The molecule has 5 heteroatoms. The Bertz CT molecular complexity index is 367. The van der Waals surface area contributed by atoms with Crippen LogP contribution in [0, 0.1) is 0 Å². The average molecular weight is 255 g/mol. The van der Waals surface area contributed by atoms with Crippen LogP contribution < -0.4 is 10.5 Å². The van der Waals surface area contributed by atoms with Gasteiger partial charge in [0.1, 0.15) is 12.5 Å². The minimum atomic E-state index is 0.249. The second kappa shape index (κ2) is 6.14. The molecule has 17 heavy (non-hydrogen) atoms. The summed E-state index contributed by atoms with van der Waals surface area (Å²) in [5.41, 5.74) is 6.70. The summed E-state index contributed by atoms with van der Waals surface area (Å²) in [6.07, 6.45) is 1.19. The van der Waals surface area contributed by atoms with Crippen LogP contribution in [0.2, 0.25) is 0 Å². The highest BCUT2D eigenvalue weighted by molar-refractivity contribution is 7.99. The molecule has 0 spiro atoms. The van der Waals surface area contributed by atoms with Crippen LogP contribution in [0.3, 0.4) is 0 Å². The van der Waals surface area contributed by atoms with Gasteiger partial charge >= 0.3 is 0 Å². The number of nitrogen functional groups attached to an aromatic ring is 1. The van der Waals surface area contributed by atoms with Gasteiger partial charge in [-0.1, -0.05) is 0 Å². The Morgan fingerprint density at radius 1 is 1.53 bits per heavy atom. The first-order valence-corrected chi connectivity index (χ1v) is 6.54. The molecule has 1 unspecified atom stereocenters. The number of methoxy groups -OCH3 is 1. The fourth-order valence-corrected chi connectivity index (χ4v) is 2.64. The lowest BCUT2D eigenvalue weighted by Crippen LogP contribution is -2.25. The third kappa shape index (κ3) is 3.52. The quantitative estimate of drug-likeness (QED) is 0.660. The Hall–Kier alpha value is -0.910. The molecule has 0 aromatic heterocycles. The number of nitrogens with two attached hydrogens (primary N) is 1. The maximum Gasteiger partial charge on any atom is 0.147 e.